The number of amides is 5. The molecule has 0 spiro atoms. The van der Waals surface area contributed by atoms with Crippen molar-refractivity contribution < 1.29 is 62.6 Å². The second-order valence-electron chi connectivity index (χ2n) is 14.2. The maximum atomic E-state index is 13.3. The van der Waals surface area contributed by atoms with Crippen LogP contribution in [-0.2, 0) is 9.47 Å². The van der Waals surface area contributed by atoms with Gasteiger partial charge in [0.05, 0.1) is 62.0 Å². The van der Waals surface area contributed by atoms with E-state index in [1.807, 2.05) is 0 Å². The van der Waals surface area contributed by atoms with Gasteiger partial charge in [0, 0.05) is 31.8 Å². The van der Waals surface area contributed by atoms with Crippen LogP contribution in [0.4, 0.5) is 25.8 Å². The van der Waals surface area contributed by atoms with Gasteiger partial charge in [-0.15, -0.1) is 0 Å². The largest absolute Gasteiger partial charge is 0.493 e. The summed E-state index contributed by atoms with van der Waals surface area (Å²) in [7, 11) is 7.95. The predicted octanol–water partition coefficient (Wildman–Crippen LogP) is 2.90. The molecule has 328 valence electrons. The lowest BCUT2D eigenvalue weighted by atomic mass is 10.1. The van der Waals surface area contributed by atoms with E-state index < -0.39 is 42.5 Å². The molecule has 0 aromatic heterocycles. The minimum absolute atomic E-state index is 0.0181. The molecule has 4 aliphatic rings. The standard InChI is InChI=1S/C21H26BN3O7.C20H27N3O6/c1-3-9-32-21(29)25-15-12-17(31-10-5-7-23-20(22)28)16(30-2)11-13(15)18(26)24-8-4-6-14(24)19(25)27;1-3-9-29-20(26)23-15-12-17(28-10-5-7-21)16(27-2)11-13(15)18(24)22-8-4-6-14(22)19(23)25/h3,11-12,14,19,27H,1,4-10H2,2H3,(H,23,28);3,11-12,14,19,25H,1,4-10,21H2,2H3/t2*14-,19-/m00/s1. The Kier molecular flexibility index (Phi) is 16.2. The minimum atomic E-state index is -1.29. The summed E-state index contributed by atoms with van der Waals surface area (Å²) in [5.74, 6) is 0.0714. The second-order valence-corrected chi connectivity index (χ2v) is 14.2. The van der Waals surface area contributed by atoms with Crippen molar-refractivity contribution in [2.24, 2.45) is 5.73 Å². The molecule has 0 aliphatic carbocycles. The lowest BCUT2D eigenvalue weighted by Gasteiger charge is -2.31. The molecule has 2 fully saturated rings. The number of carbonyl (C=O) groups is 5. The number of nitrogens with zero attached hydrogens (tertiary/aromatic N) is 4. The number of nitrogens with one attached hydrogen (secondary N) is 1. The molecule has 5 amide bonds. The Balaban J connectivity index is 0.000000232. The van der Waals surface area contributed by atoms with Crippen molar-refractivity contribution in [3.05, 3.63) is 60.7 Å². The van der Waals surface area contributed by atoms with Crippen LogP contribution in [-0.4, -0.2) is 149 Å². The normalized spacial score (nSPS) is 20.0. The molecule has 2 aromatic carbocycles. The summed E-state index contributed by atoms with van der Waals surface area (Å²) in [5.41, 5.74) is 6.34. The Morgan fingerprint density at radius 3 is 1.61 bits per heavy atom. The molecule has 0 unspecified atom stereocenters. The van der Waals surface area contributed by atoms with Crippen LogP contribution in [0.15, 0.2) is 49.6 Å². The number of rotatable bonds is 15. The van der Waals surface area contributed by atoms with E-state index >= 15 is 0 Å². The van der Waals surface area contributed by atoms with E-state index in [0.29, 0.717) is 75.7 Å². The van der Waals surface area contributed by atoms with Crippen LogP contribution < -0.4 is 39.8 Å². The molecule has 4 atom stereocenters. The zero-order valence-electron chi connectivity index (χ0n) is 34.4. The fraction of sp³-hybridized carbons (Fsp3) is 0.488. The highest BCUT2D eigenvalue weighted by Crippen LogP contribution is 2.43. The van der Waals surface area contributed by atoms with Gasteiger partial charge >= 0.3 is 12.2 Å². The average Bonchev–Trinajstić information content (AvgIpc) is 3.93. The fourth-order valence-corrected chi connectivity index (χ4v) is 7.58. The first-order chi connectivity index (χ1) is 29.4. The number of hydrogen-bond acceptors (Lipinski definition) is 14. The third-order valence-corrected chi connectivity index (χ3v) is 10.4. The first kappa shape index (κ1) is 46.1. The quantitative estimate of drug-likeness (QED) is 0.115. The first-order valence-electron chi connectivity index (χ1n) is 20.0. The summed E-state index contributed by atoms with van der Waals surface area (Å²) in [6.07, 6.45) is 2.44. The summed E-state index contributed by atoms with van der Waals surface area (Å²) in [4.78, 5) is 68.2. The first-order valence-corrected chi connectivity index (χ1v) is 20.0. The van der Waals surface area contributed by atoms with Gasteiger partial charge in [-0.25, -0.2) is 19.4 Å². The van der Waals surface area contributed by atoms with Gasteiger partial charge in [-0.1, -0.05) is 25.3 Å². The zero-order valence-corrected chi connectivity index (χ0v) is 34.4. The summed E-state index contributed by atoms with van der Waals surface area (Å²) < 4.78 is 32.7. The lowest BCUT2D eigenvalue weighted by molar-refractivity contribution is 0.0495. The molecule has 5 N–H and O–H groups in total. The third-order valence-electron chi connectivity index (χ3n) is 10.4. The molecule has 4 aliphatic heterocycles. The smallest absolute Gasteiger partial charge is 0.416 e. The van der Waals surface area contributed by atoms with Gasteiger partial charge in [0.2, 0.25) is 0 Å². The van der Waals surface area contributed by atoms with Crippen LogP contribution in [0, 0.1) is 0 Å². The molecule has 20 heteroatoms. The van der Waals surface area contributed by atoms with E-state index in [0.717, 1.165) is 22.6 Å². The van der Waals surface area contributed by atoms with Crippen molar-refractivity contribution in [2.75, 3.05) is 76.6 Å². The van der Waals surface area contributed by atoms with Gasteiger partial charge in [-0.3, -0.25) is 14.4 Å². The molecule has 19 nitrogen and oxygen atoms in total. The second kappa shape index (κ2) is 21.5. The van der Waals surface area contributed by atoms with Gasteiger partial charge in [0.15, 0.2) is 49.1 Å². The van der Waals surface area contributed by atoms with Crippen molar-refractivity contribution in [1.29, 1.82) is 0 Å². The Morgan fingerprint density at radius 1 is 0.770 bits per heavy atom. The highest BCUT2D eigenvalue weighted by atomic mass is 16.6. The Labute approximate surface area is 355 Å². The van der Waals surface area contributed by atoms with Gasteiger partial charge in [0.1, 0.15) is 13.2 Å². The van der Waals surface area contributed by atoms with Crippen LogP contribution in [0.3, 0.4) is 0 Å². The van der Waals surface area contributed by atoms with E-state index in [4.69, 9.17) is 42.0 Å². The van der Waals surface area contributed by atoms with Gasteiger partial charge in [-0.05, 0) is 57.2 Å². The molecule has 4 heterocycles. The number of aliphatic hydroxyl groups is 2. The fourth-order valence-electron chi connectivity index (χ4n) is 7.58. The summed E-state index contributed by atoms with van der Waals surface area (Å²) in [6, 6.07) is 4.98. The number of methoxy groups -OCH3 is 2. The summed E-state index contributed by atoms with van der Waals surface area (Å²) in [6.45, 7) is 9.31. The number of benzene rings is 2. The zero-order chi connectivity index (χ0) is 44.2. The van der Waals surface area contributed by atoms with Crippen molar-refractivity contribution in [2.45, 2.75) is 63.1 Å². The Bertz CT molecular complexity index is 1950. The van der Waals surface area contributed by atoms with Gasteiger partial charge < -0.3 is 59.5 Å². The average molecular weight is 849 g/mol. The van der Waals surface area contributed by atoms with Crippen LogP contribution in [0.2, 0.25) is 0 Å². The minimum Gasteiger partial charge on any atom is -0.493 e. The van der Waals surface area contributed by atoms with Crippen LogP contribution >= 0.6 is 0 Å². The molecule has 2 saturated heterocycles. The Morgan fingerprint density at radius 2 is 1.21 bits per heavy atom. The predicted molar refractivity (Wildman–Crippen MR) is 223 cm³/mol. The van der Waals surface area contributed by atoms with Crippen LogP contribution in [0.5, 0.6) is 23.0 Å². The number of hydrogen-bond donors (Lipinski definition) is 4. The molecular formula is C41H53BN6O13. The highest BCUT2D eigenvalue weighted by molar-refractivity contribution is 6.57. The number of fused-ring (bicyclic) bond motifs is 4. The lowest BCUT2D eigenvalue weighted by Crippen LogP contribution is -2.50. The molecule has 2 aromatic rings. The third kappa shape index (κ3) is 10.3. The van der Waals surface area contributed by atoms with Gasteiger partial charge in [-0.2, -0.15) is 0 Å². The van der Waals surface area contributed by atoms with Crippen molar-refractivity contribution in [3.63, 3.8) is 0 Å². The molecular weight excluding hydrogens is 795 g/mol. The van der Waals surface area contributed by atoms with Gasteiger partial charge in [0.25, 0.3) is 11.8 Å². The van der Waals surface area contributed by atoms with E-state index in [1.165, 1.54) is 50.6 Å². The van der Waals surface area contributed by atoms with E-state index in [-0.39, 0.29) is 59.9 Å². The van der Waals surface area contributed by atoms with E-state index in [9.17, 15) is 34.2 Å². The topological polar surface area (TPSA) is 232 Å². The maximum Gasteiger partial charge on any atom is 0.416 e. The molecule has 6 rings (SSSR count). The highest BCUT2D eigenvalue weighted by Gasteiger charge is 2.47. The summed E-state index contributed by atoms with van der Waals surface area (Å²) >= 11 is 0. The monoisotopic (exact) mass is 848 g/mol. The molecule has 0 saturated carbocycles. The molecule has 0 bridgehead atoms. The number of carbonyl (C=O) groups excluding carboxylic acids is 5. The van der Waals surface area contributed by atoms with Crippen molar-refractivity contribution >= 4 is 49.0 Å². The summed E-state index contributed by atoms with van der Waals surface area (Å²) in [5, 5.41) is 24.5. The SMILES string of the molecule is C=CCOC(=O)N1c2cc(OCCCN)c(OC)cc2C(=O)N2CCC[C@H]2[C@@H]1O.[B]C(=O)NCCCOc1cc2c(cc1OC)C(=O)N1CCC[C@H]1[C@H](O)N2C(=O)OCC=C. The molecule has 2 radical (unpaired) electrons. The number of anilines is 2. The van der Waals surface area contributed by atoms with E-state index in [1.54, 1.807) is 9.80 Å². The van der Waals surface area contributed by atoms with Crippen LogP contribution in [0.25, 0.3) is 0 Å². The van der Waals surface area contributed by atoms with E-state index in [2.05, 4.69) is 18.5 Å². The number of aliphatic hydroxyl groups excluding tert-OH is 2. The number of ether oxygens (including phenoxy) is 6. The van der Waals surface area contributed by atoms with Crippen LogP contribution in [0.1, 0.15) is 59.2 Å². The van der Waals surface area contributed by atoms with Crippen molar-refractivity contribution in [1.82, 2.24) is 15.1 Å². The number of nitrogens with two attached hydrogens (primary N) is 1. The maximum absolute atomic E-state index is 13.3. The Hall–Kier alpha value is -5.99. The van der Waals surface area contributed by atoms with Crippen molar-refractivity contribution in [3.8, 4) is 23.0 Å². The molecule has 61 heavy (non-hydrogen) atoms.